The number of anilines is 1. The summed E-state index contributed by atoms with van der Waals surface area (Å²) in [6.45, 7) is 5.55. The number of rotatable bonds is 7. The Balaban J connectivity index is 1.12. The standard InChI is InChI=1S/C22H36N4O2S/c27-22(24-10-15-29-13-8-23-9-14-29)25-18-4-6-20(7-5-18)28-21-16-19(17-21)26-11-2-1-3-12-26/h4-7,19,21,23,29H,1-3,8-17H2,(H2,24,25,27). The van der Waals surface area contributed by atoms with Crippen LogP contribution in [0, 0.1) is 0 Å². The topological polar surface area (TPSA) is 65.6 Å². The molecule has 1 saturated carbocycles. The number of hydrogen-bond acceptors (Lipinski definition) is 4. The van der Waals surface area contributed by atoms with Gasteiger partial charge in [0.15, 0.2) is 0 Å². The zero-order valence-corrected chi connectivity index (χ0v) is 18.3. The van der Waals surface area contributed by atoms with Gasteiger partial charge in [-0.05, 0) is 67.5 Å². The predicted octanol–water partition coefficient (Wildman–Crippen LogP) is 2.81. The highest BCUT2D eigenvalue weighted by atomic mass is 32.2. The van der Waals surface area contributed by atoms with Gasteiger partial charge < -0.3 is 25.6 Å². The Bertz CT molecular complexity index is 639. The average Bonchev–Trinajstić information content (AvgIpc) is 2.73. The monoisotopic (exact) mass is 420 g/mol. The number of nitrogens with one attached hydrogen (secondary N) is 3. The number of carbonyl (C=O) groups is 1. The summed E-state index contributed by atoms with van der Waals surface area (Å²) in [4.78, 5) is 14.7. The molecule has 2 saturated heterocycles. The van der Waals surface area contributed by atoms with Gasteiger partial charge in [-0.25, -0.2) is 15.7 Å². The Hall–Kier alpha value is -1.44. The fraction of sp³-hybridized carbons (Fsp3) is 0.682. The van der Waals surface area contributed by atoms with Crippen LogP contribution in [0.4, 0.5) is 10.5 Å². The Morgan fingerprint density at radius 1 is 1.10 bits per heavy atom. The summed E-state index contributed by atoms with van der Waals surface area (Å²) in [6, 6.07) is 8.37. The number of benzene rings is 1. The van der Waals surface area contributed by atoms with Gasteiger partial charge in [-0.3, -0.25) is 0 Å². The van der Waals surface area contributed by atoms with Crippen LogP contribution in [0.3, 0.4) is 0 Å². The van der Waals surface area contributed by atoms with E-state index in [0.29, 0.717) is 6.10 Å². The van der Waals surface area contributed by atoms with Crippen molar-refractivity contribution in [3.63, 3.8) is 0 Å². The van der Waals surface area contributed by atoms with Gasteiger partial charge in [-0.15, -0.1) is 0 Å². The van der Waals surface area contributed by atoms with Crippen LogP contribution in [0.15, 0.2) is 24.3 Å². The molecule has 0 bridgehead atoms. The van der Waals surface area contributed by atoms with Crippen LogP contribution in [0.1, 0.15) is 32.1 Å². The molecule has 1 aliphatic carbocycles. The summed E-state index contributed by atoms with van der Waals surface area (Å²) in [5.41, 5.74) is 0.808. The van der Waals surface area contributed by atoms with Crippen LogP contribution >= 0.6 is 10.9 Å². The van der Waals surface area contributed by atoms with Gasteiger partial charge in [0.25, 0.3) is 0 Å². The van der Waals surface area contributed by atoms with E-state index in [2.05, 4.69) is 20.9 Å². The van der Waals surface area contributed by atoms with Gasteiger partial charge in [-0.1, -0.05) is 6.42 Å². The van der Waals surface area contributed by atoms with Crippen LogP contribution in [-0.4, -0.2) is 73.1 Å². The maximum Gasteiger partial charge on any atom is 0.319 e. The molecular formula is C22H36N4O2S. The smallest absolute Gasteiger partial charge is 0.319 e. The van der Waals surface area contributed by atoms with Crippen molar-refractivity contribution < 1.29 is 9.53 Å². The van der Waals surface area contributed by atoms with Crippen LogP contribution in [0.25, 0.3) is 0 Å². The number of nitrogens with zero attached hydrogens (tertiary/aromatic N) is 1. The molecule has 3 N–H and O–H groups in total. The minimum absolute atomic E-state index is 0.0968. The molecule has 29 heavy (non-hydrogen) atoms. The molecule has 0 radical (unpaired) electrons. The summed E-state index contributed by atoms with van der Waals surface area (Å²) < 4.78 is 6.11. The van der Waals surface area contributed by atoms with Gasteiger partial charge in [-0.2, -0.15) is 0 Å². The van der Waals surface area contributed by atoms with E-state index in [1.54, 1.807) is 0 Å². The number of ether oxygens (including phenoxy) is 1. The first kappa shape index (κ1) is 20.8. The van der Waals surface area contributed by atoms with Crippen LogP contribution in [0.2, 0.25) is 0 Å². The van der Waals surface area contributed by atoms with Crippen molar-refractivity contribution in [2.24, 2.45) is 0 Å². The van der Waals surface area contributed by atoms with E-state index in [4.69, 9.17) is 4.74 Å². The van der Waals surface area contributed by atoms with Gasteiger partial charge in [0, 0.05) is 44.2 Å². The van der Waals surface area contributed by atoms with Crippen LogP contribution in [0.5, 0.6) is 5.75 Å². The summed E-state index contributed by atoms with van der Waals surface area (Å²) >= 11 is 0. The summed E-state index contributed by atoms with van der Waals surface area (Å²) in [5, 5.41) is 9.30. The zero-order valence-electron chi connectivity index (χ0n) is 17.4. The Morgan fingerprint density at radius 3 is 2.55 bits per heavy atom. The molecule has 6 nitrogen and oxygen atoms in total. The second-order valence-corrected chi connectivity index (χ2v) is 11.1. The van der Waals surface area contributed by atoms with Crippen molar-refractivity contribution in [2.45, 2.75) is 44.2 Å². The summed E-state index contributed by atoms with van der Waals surface area (Å²) in [6.07, 6.45) is 6.70. The first-order chi connectivity index (χ1) is 14.3. The molecular weight excluding hydrogens is 384 g/mol. The lowest BCUT2D eigenvalue weighted by Crippen LogP contribution is -2.50. The second kappa shape index (κ2) is 10.5. The van der Waals surface area contributed by atoms with Crippen molar-refractivity contribution in [3.05, 3.63) is 24.3 Å². The number of carbonyl (C=O) groups excluding carboxylic acids is 1. The van der Waals surface area contributed by atoms with E-state index in [1.807, 2.05) is 24.3 Å². The highest BCUT2D eigenvalue weighted by Gasteiger charge is 2.35. The third kappa shape index (κ3) is 6.27. The fourth-order valence-corrected chi connectivity index (χ4v) is 6.51. The molecule has 1 aromatic rings. The number of amides is 2. The molecule has 3 fully saturated rings. The molecule has 0 aromatic heterocycles. The van der Waals surface area contributed by atoms with Crippen molar-refractivity contribution >= 4 is 22.6 Å². The average molecular weight is 421 g/mol. The SMILES string of the molecule is O=C(NCC[SH]1CCNCC1)Nc1ccc(OC2CC(N3CCCCC3)C2)cc1. The van der Waals surface area contributed by atoms with Crippen LogP contribution in [-0.2, 0) is 0 Å². The maximum atomic E-state index is 12.1. The number of thiol groups is 1. The number of likely N-dealkylation sites (tertiary alicyclic amines) is 1. The number of piperidine rings is 1. The third-order valence-corrected chi connectivity index (χ3v) is 8.88. The lowest BCUT2D eigenvalue weighted by molar-refractivity contribution is 0.00893. The largest absolute Gasteiger partial charge is 0.490 e. The van der Waals surface area contributed by atoms with E-state index in [0.717, 1.165) is 55.7 Å². The second-order valence-electron chi connectivity index (χ2n) is 8.46. The summed E-state index contributed by atoms with van der Waals surface area (Å²) in [5.74, 6) is 4.57. The van der Waals surface area contributed by atoms with Crippen molar-refractivity contribution in [2.75, 3.05) is 55.3 Å². The van der Waals surface area contributed by atoms with Crippen molar-refractivity contribution in [1.82, 2.24) is 15.5 Å². The van der Waals surface area contributed by atoms with E-state index in [9.17, 15) is 4.79 Å². The molecule has 3 aliphatic rings. The van der Waals surface area contributed by atoms with Crippen molar-refractivity contribution in [1.29, 1.82) is 0 Å². The number of urea groups is 1. The van der Waals surface area contributed by atoms with Gasteiger partial charge in [0.1, 0.15) is 11.9 Å². The highest BCUT2D eigenvalue weighted by Crippen LogP contribution is 2.32. The minimum atomic E-state index is -0.118. The first-order valence-electron chi connectivity index (χ1n) is 11.2. The van der Waals surface area contributed by atoms with E-state index < -0.39 is 0 Å². The zero-order chi connectivity index (χ0) is 19.9. The van der Waals surface area contributed by atoms with Gasteiger partial charge in [0.05, 0.1) is 0 Å². The summed E-state index contributed by atoms with van der Waals surface area (Å²) in [7, 11) is 0.0968. The quantitative estimate of drug-likeness (QED) is 0.512. The molecule has 162 valence electrons. The lowest BCUT2D eigenvalue weighted by Gasteiger charge is -2.44. The molecule has 1 aromatic carbocycles. The normalized spacial score (nSPS) is 26.4. The van der Waals surface area contributed by atoms with Crippen molar-refractivity contribution in [3.8, 4) is 5.75 Å². The molecule has 2 amide bonds. The molecule has 4 rings (SSSR count). The van der Waals surface area contributed by atoms with Gasteiger partial charge in [0.2, 0.25) is 0 Å². The molecule has 0 spiro atoms. The van der Waals surface area contributed by atoms with Gasteiger partial charge >= 0.3 is 6.03 Å². The first-order valence-corrected chi connectivity index (χ1v) is 13.1. The molecule has 2 heterocycles. The Morgan fingerprint density at radius 2 is 1.83 bits per heavy atom. The number of hydrogen-bond donors (Lipinski definition) is 4. The minimum Gasteiger partial charge on any atom is -0.490 e. The molecule has 2 aliphatic heterocycles. The van der Waals surface area contributed by atoms with E-state index >= 15 is 0 Å². The molecule has 0 atom stereocenters. The molecule has 0 unspecified atom stereocenters. The molecule has 7 heteroatoms. The highest BCUT2D eigenvalue weighted by molar-refractivity contribution is 8.17. The maximum absolute atomic E-state index is 12.1. The Labute approximate surface area is 177 Å². The third-order valence-electron chi connectivity index (χ3n) is 6.32. The van der Waals surface area contributed by atoms with E-state index in [1.165, 1.54) is 43.9 Å². The van der Waals surface area contributed by atoms with Crippen LogP contribution < -0.4 is 20.7 Å². The predicted molar refractivity (Wildman–Crippen MR) is 123 cm³/mol. The lowest BCUT2D eigenvalue weighted by atomic mass is 9.86. The Kier molecular flexibility index (Phi) is 7.57. The van der Waals surface area contributed by atoms with E-state index in [-0.39, 0.29) is 16.9 Å². The fourth-order valence-electron chi connectivity index (χ4n) is 4.46.